The van der Waals surface area contributed by atoms with Gasteiger partial charge in [-0.3, -0.25) is 19.5 Å². The average molecular weight is 479 g/mol. The zero-order valence-electron chi connectivity index (χ0n) is 18.7. The third kappa shape index (κ3) is 4.34. The SMILES string of the molecule is CCOc1ccc(/C(O)=C2/C(=O)C(=O)N(c3cccc(Cl)c3)C2c2ccccn2)c(OCC)c1. The van der Waals surface area contributed by atoms with Crippen molar-refractivity contribution in [3.63, 3.8) is 0 Å². The molecule has 7 nitrogen and oxygen atoms in total. The average Bonchev–Trinajstić information content (AvgIpc) is 3.10. The minimum Gasteiger partial charge on any atom is -0.507 e. The second kappa shape index (κ2) is 9.97. The van der Waals surface area contributed by atoms with Gasteiger partial charge in [0.15, 0.2) is 0 Å². The lowest BCUT2D eigenvalue weighted by molar-refractivity contribution is -0.132. The summed E-state index contributed by atoms with van der Waals surface area (Å²) in [5.74, 6) is -1.08. The molecule has 1 atom stereocenters. The Morgan fingerprint density at radius 2 is 1.82 bits per heavy atom. The zero-order chi connectivity index (χ0) is 24.2. The van der Waals surface area contributed by atoms with Crippen molar-refractivity contribution in [3.05, 3.63) is 88.7 Å². The summed E-state index contributed by atoms with van der Waals surface area (Å²) < 4.78 is 11.3. The van der Waals surface area contributed by atoms with Crippen LogP contribution in [0.15, 0.2) is 72.4 Å². The highest BCUT2D eigenvalue weighted by Gasteiger charge is 2.47. The standard InChI is InChI=1S/C26H23ClN2O5/c1-3-33-18-11-12-19(21(15-18)34-4-2)24(30)22-23(20-10-5-6-13-28-20)29(26(32)25(22)31)17-9-7-8-16(27)14-17/h5-15,23,30H,3-4H2,1-2H3/b24-22-. The molecular weight excluding hydrogens is 456 g/mol. The Bertz CT molecular complexity index is 1260. The molecule has 1 N–H and O–H groups in total. The summed E-state index contributed by atoms with van der Waals surface area (Å²) in [5.41, 5.74) is 1.03. The Morgan fingerprint density at radius 1 is 1.03 bits per heavy atom. The number of aliphatic hydroxyl groups excluding tert-OH is 1. The number of pyridine rings is 1. The summed E-state index contributed by atoms with van der Waals surface area (Å²) in [5, 5.41) is 11.8. The number of ether oxygens (including phenoxy) is 2. The number of carbonyl (C=O) groups is 2. The maximum absolute atomic E-state index is 13.3. The number of hydrogen-bond donors (Lipinski definition) is 1. The highest BCUT2D eigenvalue weighted by molar-refractivity contribution is 6.51. The predicted molar refractivity (Wildman–Crippen MR) is 129 cm³/mol. The molecule has 1 aliphatic rings. The van der Waals surface area contributed by atoms with Gasteiger partial charge in [-0.25, -0.2) is 0 Å². The molecule has 0 radical (unpaired) electrons. The summed E-state index contributed by atoms with van der Waals surface area (Å²) >= 11 is 6.16. The van der Waals surface area contributed by atoms with Crippen LogP contribution in [0.3, 0.4) is 0 Å². The molecule has 1 fully saturated rings. The Morgan fingerprint density at radius 3 is 2.50 bits per heavy atom. The Balaban J connectivity index is 1.93. The van der Waals surface area contributed by atoms with Gasteiger partial charge in [-0.05, 0) is 56.3 Å². The molecule has 1 saturated heterocycles. The quantitative estimate of drug-likeness (QED) is 0.286. The fourth-order valence-electron chi connectivity index (χ4n) is 3.92. The molecule has 0 saturated carbocycles. The molecule has 2 heterocycles. The number of benzene rings is 2. The van der Waals surface area contributed by atoms with E-state index >= 15 is 0 Å². The van der Waals surface area contributed by atoms with E-state index in [9.17, 15) is 14.7 Å². The van der Waals surface area contributed by atoms with E-state index in [-0.39, 0.29) is 16.9 Å². The van der Waals surface area contributed by atoms with Crippen LogP contribution in [0.25, 0.3) is 5.76 Å². The van der Waals surface area contributed by atoms with Crippen LogP contribution in [0.4, 0.5) is 5.69 Å². The third-order valence-electron chi connectivity index (χ3n) is 5.32. The Labute approximate surface area is 202 Å². The summed E-state index contributed by atoms with van der Waals surface area (Å²) in [6, 6.07) is 15.8. The number of aliphatic hydroxyl groups is 1. The van der Waals surface area contributed by atoms with Gasteiger partial charge in [0.2, 0.25) is 0 Å². The van der Waals surface area contributed by atoms with Crippen LogP contribution in [0, 0.1) is 0 Å². The van der Waals surface area contributed by atoms with Crippen LogP contribution in [-0.4, -0.2) is 35.0 Å². The van der Waals surface area contributed by atoms with E-state index in [0.29, 0.717) is 41.1 Å². The van der Waals surface area contributed by atoms with Gasteiger partial charge in [0, 0.05) is 23.0 Å². The molecule has 0 bridgehead atoms. The highest BCUT2D eigenvalue weighted by atomic mass is 35.5. The first-order valence-electron chi connectivity index (χ1n) is 10.8. The highest BCUT2D eigenvalue weighted by Crippen LogP contribution is 2.43. The monoisotopic (exact) mass is 478 g/mol. The van der Waals surface area contributed by atoms with Crippen molar-refractivity contribution in [2.75, 3.05) is 18.1 Å². The van der Waals surface area contributed by atoms with Gasteiger partial charge in [-0.1, -0.05) is 23.7 Å². The van der Waals surface area contributed by atoms with Crippen LogP contribution in [0.1, 0.15) is 31.1 Å². The van der Waals surface area contributed by atoms with Crippen LogP contribution in [0.5, 0.6) is 11.5 Å². The van der Waals surface area contributed by atoms with E-state index in [1.807, 2.05) is 13.8 Å². The third-order valence-corrected chi connectivity index (χ3v) is 5.55. The number of halogens is 1. The second-order valence-corrected chi connectivity index (χ2v) is 7.86. The molecule has 0 aliphatic carbocycles. The first-order chi connectivity index (χ1) is 16.5. The van der Waals surface area contributed by atoms with E-state index < -0.39 is 17.7 Å². The van der Waals surface area contributed by atoms with Gasteiger partial charge in [0.25, 0.3) is 11.7 Å². The van der Waals surface area contributed by atoms with Crippen molar-refractivity contribution in [1.82, 2.24) is 4.98 Å². The van der Waals surface area contributed by atoms with Gasteiger partial charge < -0.3 is 14.6 Å². The molecule has 34 heavy (non-hydrogen) atoms. The number of nitrogens with zero attached hydrogens (tertiary/aromatic N) is 2. The van der Waals surface area contributed by atoms with Crippen LogP contribution >= 0.6 is 11.6 Å². The lowest BCUT2D eigenvalue weighted by atomic mass is 9.97. The number of amides is 1. The van der Waals surface area contributed by atoms with Crippen molar-refractivity contribution in [2.45, 2.75) is 19.9 Å². The number of ketones is 1. The Hall–Kier alpha value is -3.84. The van der Waals surface area contributed by atoms with E-state index in [1.54, 1.807) is 66.9 Å². The van der Waals surface area contributed by atoms with Crippen LogP contribution in [-0.2, 0) is 9.59 Å². The molecule has 1 unspecified atom stereocenters. The van der Waals surface area contributed by atoms with Crippen molar-refractivity contribution >= 4 is 34.7 Å². The fourth-order valence-corrected chi connectivity index (χ4v) is 4.10. The van der Waals surface area contributed by atoms with Gasteiger partial charge in [-0.15, -0.1) is 0 Å². The fraction of sp³-hybridized carbons (Fsp3) is 0.192. The topological polar surface area (TPSA) is 89.0 Å². The number of Topliss-reactive ketones (excluding diaryl/α,β-unsaturated/α-hetero) is 1. The molecule has 1 aliphatic heterocycles. The molecule has 8 heteroatoms. The van der Waals surface area contributed by atoms with E-state index in [0.717, 1.165) is 0 Å². The lowest BCUT2D eigenvalue weighted by Gasteiger charge is -2.25. The van der Waals surface area contributed by atoms with Gasteiger partial charge >= 0.3 is 0 Å². The summed E-state index contributed by atoms with van der Waals surface area (Å²) in [6.07, 6.45) is 1.57. The minimum atomic E-state index is -0.958. The second-order valence-electron chi connectivity index (χ2n) is 7.43. The number of anilines is 1. The van der Waals surface area contributed by atoms with Crippen molar-refractivity contribution in [2.24, 2.45) is 0 Å². The minimum absolute atomic E-state index is 0.0891. The molecule has 1 amide bonds. The number of aromatic nitrogens is 1. The molecule has 4 rings (SSSR count). The summed E-state index contributed by atoms with van der Waals surface area (Å²) in [6.45, 7) is 4.46. The van der Waals surface area contributed by atoms with Crippen molar-refractivity contribution in [3.8, 4) is 11.5 Å². The molecule has 1 aromatic heterocycles. The number of carbonyl (C=O) groups excluding carboxylic acids is 2. The maximum atomic E-state index is 13.3. The lowest BCUT2D eigenvalue weighted by Crippen LogP contribution is -2.29. The number of rotatable bonds is 7. The van der Waals surface area contributed by atoms with Crippen molar-refractivity contribution < 1.29 is 24.2 Å². The van der Waals surface area contributed by atoms with E-state index in [2.05, 4.69) is 4.98 Å². The first-order valence-corrected chi connectivity index (χ1v) is 11.2. The zero-order valence-corrected chi connectivity index (χ0v) is 19.5. The van der Waals surface area contributed by atoms with Crippen LogP contribution < -0.4 is 14.4 Å². The molecule has 0 spiro atoms. The Kier molecular flexibility index (Phi) is 6.84. The van der Waals surface area contributed by atoms with E-state index in [1.165, 1.54) is 4.90 Å². The largest absolute Gasteiger partial charge is 0.507 e. The smallest absolute Gasteiger partial charge is 0.300 e. The van der Waals surface area contributed by atoms with E-state index in [4.69, 9.17) is 21.1 Å². The maximum Gasteiger partial charge on any atom is 0.300 e. The molecule has 2 aromatic carbocycles. The normalized spacial score (nSPS) is 17.1. The van der Waals surface area contributed by atoms with Gasteiger partial charge in [0.05, 0.1) is 30.0 Å². The molecular formula is C26H23ClN2O5. The predicted octanol–water partition coefficient (Wildman–Crippen LogP) is 5.16. The summed E-state index contributed by atoms with van der Waals surface area (Å²) in [7, 11) is 0. The first kappa shape index (κ1) is 23.3. The molecule has 3 aromatic rings. The van der Waals surface area contributed by atoms with Gasteiger partial charge in [0.1, 0.15) is 23.3 Å². The molecule has 174 valence electrons. The summed E-state index contributed by atoms with van der Waals surface area (Å²) in [4.78, 5) is 32.2. The number of hydrogen-bond acceptors (Lipinski definition) is 6. The van der Waals surface area contributed by atoms with Gasteiger partial charge in [-0.2, -0.15) is 0 Å². The van der Waals surface area contributed by atoms with Crippen molar-refractivity contribution in [1.29, 1.82) is 0 Å². The van der Waals surface area contributed by atoms with Crippen LogP contribution in [0.2, 0.25) is 5.02 Å².